The van der Waals surface area contributed by atoms with Gasteiger partial charge in [0, 0.05) is 0 Å². The van der Waals surface area contributed by atoms with Gasteiger partial charge in [0.1, 0.15) is 0 Å². The fraction of sp³-hybridized carbons (Fsp3) is 1.00. The number of rotatable bonds is 3. The van der Waals surface area contributed by atoms with Gasteiger partial charge in [0.05, 0.1) is 6.04 Å². The van der Waals surface area contributed by atoms with Gasteiger partial charge in [-0.2, -0.15) is 0 Å². The van der Waals surface area contributed by atoms with Crippen LogP contribution in [-0.4, -0.2) is 34.4 Å². The standard InChI is InChI=1S/C5H13NO3.ClH/c1-3-4(6-2)5(7,8)9;/h4,6-9H,3H2,1-2H3;1H. The monoisotopic (exact) mass is 171 g/mol. The van der Waals surface area contributed by atoms with Crippen molar-refractivity contribution in [1.82, 2.24) is 5.32 Å². The van der Waals surface area contributed by atoms with Gasteiger partial charge in [-0.3, -0.25) is 0 Å². The Morgan fingerprint density at radius 2 is 1.80 bits per heavy atom. The number of likely N-dealkylation sites (N-methyl/N-ethyl adjacent to an activating group) is 1. The molecule has 0 radical (unpaired) electrons. The molecule has 0 aromatic carbocycles. The molecule has 0 aliphatic rings. The lowest BCUT2D eigenvalue weighted by molar-refractivity contribution is -0.327. The predicted molar refractivity (Wildman–Crippen MR) is 39.8 cm³/mol. The number of hydrogen-bond acceptors (Lipinski definition) is 4. The molecule has 0 fully saturated rings. The summed E-state index contributed by atoms with van der Waals surface area (Å²) < 4.78 is 0. The van der Waals surface area contributed by atoms with E-state index in [0.717, 1.165) is 0 Å². The van der Waals surface area contributed by atoms with Crippen molar-refractivity contribution in [3.05, 3.63) is 0 Å². The molecule has 0 spiro atoms. The topological polar surface area (TPSA) is 72.7 Å². The summed E-state index contributed by atoms with van der Waals surface area (Å²) in [5, 5.41) is 28.1. The zero-order chi connectivity index (χ0) is 7.49. The van der Waals surface area contributed by atoms with Gasteiger partial charge < -0.3 is 20.6 Å². The second-order valence-corrected chi connectivity index (χ2v) is 1.94. The Bertz CT molecular complexity index is 79.5. The number of halogens is 1. The number of hydrogen-bond donors (Lipinski definition) is 4. The van der Waals surface area contributed by atoms with E-state index in [1.165, 1.54) is 0 Å². The normalized spacial score (nSPS) is 14.1. The molecule has 10 heavy (non-hydrogen) atoms. The Labute approximate surface area is 66.3 Å². The average molecular weight is 172 g/mol. The van der Waals surface area contributed by atoms with Crippen LogP contribution in [-0.2, 0) is 0 Å². The Hall–Kier alpha value is 0.130. The first-order valence-corrected chi connectivity index (χ1v) is 2.86. The van der Waals surface area contributed by atoms with E-state index in [1.54, 1.807) is 14.0 Å². The highest BCUT2D eigenvalue weighted by molar-refractivity contribution is 5.85. The lowest BCUT2D eigenvalue weighted by Crippen LogP contribution is -2.49. The molecule has 1 atom stereocenters. The van der Waals surface area contributed by atoms with Crippen LogP contribution < -0.4 is 5.32 Å². The van der Waals surface area contributed by atoms with Crippen LogP contribution in [0.5, 0.6) is 0 Å². The first kappa shape index (κ1) is 12.8. The average Bonchev–Trinajstić information content (AvgIpc) is 1.65. The van der Waals surface area contributed by atoms with Crippen LogP contribution in [0.15, 0.2) is 0 Å². The Morgan fingerprint density at radius 1 is 1.40 bits per heavy atom. The fourth-order valence-corrected chi connectivity index (χ4v) is 0.672. The molecule has 0 amide bonds. The molecular formula is C5H14ClNO3. The predicted octanol–water partition coefficient (Wildman–Crippen LogP) is -0.963. The van der Waals surface area contributed by atoms with Crippen molar-refractivity contribution < 1.29 is 15.3 Å². The quantitative estimate of drug-likeness (QED) is 0.413. The maximum atomic E-state index is 8.53. The van der Waals surface area contributed by atoms with E-state index in [2.05, 4.69) is 5.32 Å². The summed E-state index contributed by atoms with van der Waals surface area (Å²) in [7, 11) is 1.55. The van der Waals surface area contributed by atoms with Crippen molar-refractivity contribution in [3.63, 3.8) is 0 Å². The van der Waals surface area contributed by atoms with Gasteiger partial charge in [-0.25, -0.2) is 0 Å². The van der Waals surface area contributed by atoms with E-state index in [9.17, 15) is 0 Å². The number of nitrogens with one attached hydrogen (secondary N) is 1. The highest BCUT2D eigenvalue weighted by Gasteiger charge is 2.28. The third-order valence-electron chi connectivity index (χ3n) is 1.22. The molecule has 1 unspecified atom stereocenters. The molecule has 0 saturated carbocycles. The largest absolute Gasteiger partial charge is 0.342 e. The molecule has 0 rings (SSSR count). The molecule has 0 aliphatic carbocycles. The Kier molecular flexibility index (Phi) is 6.22. The van der Waals surface area contributed by atoms with Crippen LogP contribution in [0.25, 0.3) is 0 Å². The van der Waals surface area contributed by atoms with E-state index < -0.39 is 12.0 Å². The maximum Gasteiger partial charge on any atom is 0.291 e. The third-order valence-corrected chi connectivity index (χ3v) is 1.22. The van der Waals surface area contributed by atoms with Crippen molar-refractivity contribution in [2.24, 2.45) is 0 Å². The molecule has 5 heteroatoms. The summed E-state index contributed by atoms with van der Waals surface area (Å²) in [6, 6.07) is -0.683. The molecule has 0 bridgehead atoms. The lowest BCUT2D eigenvalue weighted by atomic mass is 10.2. The Balaban J connectivity index is 0. The smallest absolute Gasteiger partial charge is 0.291 e. The Morgan fingerprint density at radius 3 is 1.80 bits per heavy atom. The summed E-state index contributed by atoms with van der Waals surface area (Å²) in [6.07, 6.45) is 0.458. The lowest BCUT2D eigenvalue weighted by Gasteiger charge is -2.23. The van der Waals surface area contributed by atoms with Gasteiger partial charge in [-0.05, 0) is 13.5 Å². The minimum absolute atomic E-state index is 0. The molecule has 0 heterocycles. The van der Waals surface area contributed by atoms with Crippen LogP contribution in [0.3, 0.4) is 0 Å². The van der Waals surface area contributed by atoms with Crippen LogP contribution in [0, 0.1) is 0 Å². The van der Waals surface area contributed by atoms with Gasteiger partial charge in [0.25, 0.3) is 5.97 Å². The van der Waals surface area contributed by atoms with E-state index in [0.29, 0.717) is 6.42 Å². The first-order valence-electron chi connectivity index (χ1n) is 2.86. The zero-order valence-electron chi connectivity index (χ0n) is 6.03. The maximum absolute atomic E-state index is 8.53. The highest BCUT2D eigenvalue weighted by Crippen LogP contribution is 2.03. The van der Waals surface area contributed by atoms with Crippen molar-refractivity contribution in [3.8, 4) is 0 Å². The summed E-state index contributed by atoms with van der Waals surface area (Å²) in [4.78, 5) is 0. The molecule has 64 valence electrons. The van der Waals surface area contributed by atoms with Gasteiger partial charge in [-0.15, -0.1) is 12.4 Å². The van der Waals surface area contributed by atoms with E-state index in [-0.39, 0.29) is 12.4 Å². The van der Waals surface area contributed by atoms with E-state index in [4.69, 9.17) is 15.3 Å². The minimum Gasteiger partial charge on any atom is -0.342 e. The molecule has 0 aromatic rings. The number of aliphatic hydroxyl groups is 3. The van der Waals surface area contributed by atoms with Crippen molar-refractivity contribution in [2.75, 3.05) is 7.05 Å². The summed E-state index contributed by atoms with van der Waals surface area (Å²) >= 11 is 0. The van der Waals surface area contributed by atoms with Crippen molar-refractivity contribution in [2.45, 2.75) is 25.4 Å². The zero-order valence-corrected chi connectivity index (χ0v) is 6.85. The van der Waals surface area contributed by atoms with Crippen molar-refractivity contribution >= 4 is 12.4 Å². The summed E-state index contributed by atoms with van der Waals surface area (Å²) in [5.74, 6) is -2.59. The SMILES string of the molecule is CCC(NC)C(O)(O)O.Cl. The van der Waals surface area contributed by atoms with Crippen LogP contribution in [0.1, 0.15) is 13.3 Å². The van der Waals surface area contributed by atoms with Gasteiger partial charge in [0.15, 0.2) is 0 Å². The fourth-order valence-electron chi connectivity index (χ4n) is 0.672. The van der Waals surface area contributed by atoms with Gasteiger partial charge in [-0.1, -0.05) is 6.92 Å². The van der Waals surface area contributed by atoms with Crippen LogP contribution in [0.2, 0.25) is 0 Å². The second kappa shape index (κ2) is 4.87. The molecule has 0 aromatic heterocycles. The summed E-state index contributed by atoms with van der Waals surface area (Å²) in [6.45, 7) is 1.73. The van der Waals surface area contributed by atoms with Crippen LogP contribution in [0.4, 0.5) is 0 Å². The van der Waals surface area contributed by atoms with E-state index >= 15 is 0 Å². The third kappa shape index (κ3) is 4.03. The molecule has 4 nitrogen and oxygen atoms in total. The van der Waals surface area contributed by atoms with Crippen LogP contribution >= 0.6 is 12.4 Å². The molecule has 0 aliphatic heterocycles. The van der Waals surface area contributed by atoms with Gasteiger partial charge >= 0.3 is 0 Å². The van der Waals surface area contributed by atoms with E-state index in [1.807, 2.05) is 0 Å². The molecular weight excluding hydrogens is 158 g/mol. The summed E-state index contributed by atoms with van der Waals surface area (Å²) in [5.41, 5.74) is 0. The second-order valence-electron chi connectivity index (χ2n) is 1.94. The first-order chi connectivity index (χ1) is 4.02. The minimum atomic E-state index is -2.59. The highest BCUT2D eigenvalue weighted by atomic mass is 35.5. The molecule has 4 N–H and O–H groups in total. The molecule has 0 saturated heterocycles. The van der Waals surface area contributed by atoms with Crippen molar-refractivity contribution in [1.29, 1.82) is 0 Å². The van der Waals surface area contributed by atoms with Gasteiger partial charge in [0.2, 0.25) is 0 Å².